The maximum atomic E-state index is 14.5. The number of carbonyl (C=O) groups excluding carboxylic acids is 1. The molecule has 13 nitrogen and oxygen atoms in total. The van der Waals surface area contributed by atoms with E-state index in [2.05, 4.69) is 10.0 Å². The molecule has 0 amide bonds. The molecule has 0 bridgehead atoms. The molecule has 0 saturated carbocycles. The van der Waals surface area contributed by atoms with E-state index in [1.807, 2.05) is 105 Å². The van der Waals surface area contributed by atoms with Crippen LogP contribution in [0.1, 0.15) is 72.1 Å². The van der Waals surface area contributed by atoms with Crippen LogP contribution in [0.3, 0.4) is 0 Å². The van der Waals surface area contributed by atoms with Gasteiger partial charge < -0.3 is 23.7 Å². The van der Waals surface area contributed by atoms with Crippen LogP contribution in [0, 0.1) is 0 Å². The van der Waals surface area contributed by atoms with Gasteiger partial charge >= 0.3 is 13.8 Å². The molecule has 0 spiro atoms. The number of phosphoric acid groups is 1. The molecule has 1 saturated heterocycles. The lowest BCUT2D eigenvalue weighted by atomic mass is 9.97. The SMILES string of the molecule is CCCCOP(=O)(OCCCC)O[C@@H]1O[C@H](COCc2ccccc2)[C@@H](OCc2ccccc2)[C@H](OCc2ccccc2)[C@H]1OC(=O)c1ccccc1CN=[N+]=[N-]. The fourth-order valence-electron chi connectivity index (χ4n) is 6.03. The molecule has 4 aromatic rings. The Kier molecular flexibility index (Phi) is 18.2. The fourth-order valence-corrected chi connectivity index (χ4v) is 7.36. The van der Waals surface area contributed by atoms with E-state index in [1.165, 1.54) is 0 Å². The Morgan fingerprint density at radius 3 is 1.81 bits per heavy atom. The van der Waals surface area contributed by atoms with Crippen LogP contribution in [0.5, 0.6) is 0 Å². The second-order valence-corrected chi connectivity index (χ2v) is 15.0. The Morgan fingerprint density at radius 1 is 0.719 bits per heavy atom. The molecule has 57 heavy (non-hydrogen) atoms. The Balaban J connectivity index is 1.56. The largest absolute Gasteiger partial charge is 0.477 e. The number of benzene rings is 4. The summed E-state index contributed by atoms with van der Waals surface area (Å²) >= 11 is 0. The third-order valence-corrected chi connectivity index (χ3v) is 10.5. The van der Waals surface area contributed by atoms with Crippen LogP contribution >= 0.6 is 7.82 Å². The van der Waals surface area contributed by atoms with Gasteiger partial charge in [-0.05, 0) is 46.7 Å². The molecule has 4 aromatic carbocycles. The molecule has 5 rings (SSSR count). The highest BCUT2D eigenvalue weighted by Crippen LogP contribution is 2.53. The smallest absolute Gasteiger partial charge is 0.450 e. The number of azide groups is 1. The van der Waals surface area contributed by atoms with E-state index >= 15 is 0 Å². The van der Waals surface area contributed by atoms with E-state index in [-0.39, 0.29) is 51.7 Å². The molecule has 1 aliphatic rings. The Bertz CT molecular complexity index is 1850. The number of carbonyl (C=O) groups is 1. The summed E-state index contributed by atoms with van der Waals surface area (Å²) in [5, 5.41) is 3.66. The number of unbranched alkanes of at least 4 members (excludes halogenated alkanes) is 2. The van der Waals surface area contributed by atoms with Gasteiger partial charge in [0.25, 0.3) is 0 Å². The molecule has 1 aliphatic heterocycles. The minimum Gasteiger partial charge on any atom is -0.450 e. The van der Waals surface area contributed by atoms with Crippen LogP contribution in [0.4, 0.5) is 0 Å². The van der Waals surface area contributed by atoms with Crippen molar-refractivity contribution in [3.8, 4) is 0 Å². The molecule has 0 unspecified atom stereocenters. The fraction of sp³-hybridized carbons (Fsp3) is 0.419. The standard InChI is InChI=1S/C43H52N3O10P/c1-3-5-26-52-57(48,53-27-6-4-2)56-43-41(55-42(47)37-25-17-16-24-36(37)28-45-46-44)40(51-31-35-22-14-9-15-23-35)39(50-30-34-20-12-8-13-21-34)38(54-43)32-49-29-33-18-10-7-11-19-33/h7-25,38-41,43H,3-6,26-32H2,1-2H3/t38-,39-,40+,41-,43+/m1/s1. The second-order valence-electron chi connectivity index (χ2n) is 13.4. The number of rotatable bonds is 24. The normalized spacial score (nSPS) is 19.4. The van der Waals surface area contributed by atoms with Crippen LogP contribution in [0.2, 0.25) is 0 Å². The first-order chi connectivity index (χ1) is 27.9. The van der Waals surface area contributed by atoms with Crippen molar-refractivity contribution >= 4 is 13.8 Å². The summed E-state index contributed by atoms with van der Waals surface area (Å²) in [6.07, 6.45) is -2.99. The van der Waals surface area contributed by atoms with Gasteiger partial charge in [0.1, 0.15) is 18.3 Å². The quantitative estimate of drug-likeness (QED) is 0.0167. The highest BCUT2D eigenvalue weighted by molar-refractivity contribution is 7.48. The molecule has 0 N–H and O–H groups in total. The molecule has 1 fully saturated rings. The molecule has 14 heteroatoms. The number of esters is 1. The summed E-state index contributed by atoms with van der Waals surface area (Å²) in [6, 6.07) is 35.5. The highest BCUT2D eigenvalue weighted by Gasteiger charge is 2.53. The van der Waals surface area contributed by atoms with Gasteiger partial charge in [0.2, 0.25) is 6.29 Å². The van der Waals surface area contributed by atoms with Crippen molar-refractivity contribution in [2.24, 2.45) is 5.11 Å². The molecular formula is C43H52N3O10P. The van der Waals surface area contributed by atoms with E-state index in [1.54, 1.807) is 24.3 Å². The number of phosphoric ester groups is 1. The average Bonchev–Trinajstić information content (AvgIpc) is 3.24. The monoisotopic (exact) mass is 801 g/mol. The summed E-state index contributed by atoms with van der Waals surface area (Å²) in [4.78, 5) is 17.1. The van der Waals surface area contributed by atoms with Crippen molar-refractivity contribution in [2.75, 3.05) is 19.8 Å². The van der Waals surface area contributed by atoms with Crippen molar-refractivity contribution in [3.63, 3.8) is 0 Å². The van der Waals surface area contributed by atoms with Crippen molar-refractivity contribution in [3.05, 3.63) is 154 Å². The van der Waals surface area contributed by atoms with Gasteiger partial charge in [0.15, 0.2) is 6.10 Å². The summed E-state index contributed by atoms with van der Waals surface area (Å²) in [5.41, 5.74) is 12.3. The lowest BCUT2D eigenvalue weighted by Crippen LogP contribution is -2.62. The minimum atomic E-state index is -4.32. The highest BCUT2D eigenvalue weighted by atomic mass is 31.2. The first kappa shape index (κ1) is 43.7. The van der Waals surface area contributed by atoms with Gasteiger partial charge in [-0.25, -0.2) is 9.36 Å². The van der Waals surface area contributed by atoms with Gasteiger partial charge in [0, 0.05) is 4.91 Å². The van der Waals surface area contributed by atoms with Crippen LogP contribution < -0.4 is 0 Å². The molecule has 5 atom stereocenters. The van der Waals surface area contributed by atoms with Crippen LogP contribution in [-0.4, -0.2) is 56.5 Å². The van der Waals surface area contributed by atoms with E-state index in [4.69, 9.17) is 42.8 Å². The molecule has 0 aliphatic carbocycles. The molecule has 1 heterocycles. The van der Waals surface area contributed by atoms with E-state index in [9.17, 15) is 9.36 Å². The second kappa shape index (κ2) is 23.7. The number of nitrogens with zero attached hydrogens (tertiary/aromatic N) is 3. The lowest BCUT2D eigenvalue weighted by Gasteiger charge is -2.45. The maximum absolute atomic E-state index is 14.5. The van der Waals surface area contributed by atoms with Crippen molar-refractivity contribution in [2.45, 2.75) is 96.6 Å². The van der Waals surface area contributed by atoms with Crippen LogP contribution in [-0.2, 0) is 68.2 Å². The molecular weight excluding hydrogens is 749 g/mol. The van der Waals surface area contributed by atoms with Crippen molar-refractivity contribution < 1.29 is 46.6 Å². The zero-order chi connectivity index (χ0) is 40.1. The van der Waals surface area contributed by atoms with Gasteiger partial charge in [-0.2, -0.15) is 0 Å². The summed E-state index contributed by atoms with van der Waals surface area (Å²) in [5.74, 6) is -0.775. The van der Waals surface area contributed by atoms with Crippen LogP contribution in [0.25, 0.3) is 10.4 Å². The van der Waals surface area contributed by atoms with E-state index in [0.717, 1.165) is 29.5 Å². The van der Waals surface area contributed by atoms with Crippen LogP contribution in [0.15, 0.2) is 120 Å². The predicted molar refractivity (Wildman–Crippen MR) is 214 cm³/mol. The molecule has 0 radical (unpaired) electrons. The number of ether oxygens (including phenoxy) is 5. The lowest BCUT2D eigenvalue weighted by molar-refractivity contribution is -0.302. The van der Waals surface area contributed by atoms with Crippen molar-refractivity contribution in [1.29, 1.82) is 0 Å². The first-order valence-corrected chi connectivity index (χ1v) is 20.8. The number of hydrogen-bond donors (Lipinski definition) is 0. The van der Waals surface area contributed by atoms with E-state index in [0.29, 0.717) is 18.4 Å². The third kappa shape index (κ3) is 13.9. The van der Waals surface area contributed by atoms with Gasteiger partial charge in [-0.1, -0.05) is 141 Å². The summed E-state index contributed by atoms with van der Waals surface area (Å²) in [7, 11) is -4.32. The zero-order valence-electron chi connectivity index (χ0n) is 32.5. The summed E-state index contributed by atoms with van der Waals surface area (Å²) in [6.45, 7) is 4.61. The van der Waals surface area contributed by atoms with E-state index < -0.39 is 44.5 Å². The first-order valence-electron chi connectivity index (χ1n) is 19.4. The maximum Gasteiger partial charge on any atom is 0.477 e. The van der Waals surface area contributed by atoms with Gasteiger partial charge in [0.05, 0.1) is 51.7 Å². The summed E-state index contributed by atoms with van der Waals surface area (Å²) < 4.78 is 64.9. The van der Waals surface area contributed by atoms with Gasteiger partial charge in [-0.15, -0.1) is 0 Å². The molecule has 304 valence electrons. The van der Waals surface area contributed by atoms with Gasteiger partial charge in [-0.3, -0.25) is 13.6 Å². The Labute approximate surface area is 334 Å². The van der Waals surface area contributed by atoms with Crippen molar-refractivity contribution in [1.82, 2.24) is 0 Å². The zero-order valence-corrected chi connectivity index (χ0v) is 33.4. The number of hydrogen-bond acceptors (Lipinski definition) is 11. The Hall–Kier alpha value is -4.39. The average molecular weight is 802 g/mol. The topological polar surface area (TPSA) is 157 Å². The minimum absolute atomic E-state index is 0.00670. The predicted octanol–water partition coefficient (Wildman–Crippen LogP) is 9.89. The molecule has 0 aromatic heterocycles. The Morgan fingerprint density at radius 2 is 1.25 bits per heavy atom. The third-order valence-electron chi connectivity index (χ3n) is 9.07.